The minimum absolute atomic E-state index is 0.102. The zero-order valence-corrected chi connectivity index (χ0v) is 12.1. The molecule has 4 heteroatoms. The molecule has 1 saturated carbocycles. The van der Waals surface area contributed by atoms with Crippen molar-refractivity contribution in [1.29, 1.82) is 0 Å². The molecule has 0 amide bonds. The Balaban J connectivity index is 1.97. The van der Waals surface area contributed by atoms with Gasteiger partial charge in [0.1, 0.15) is 0 Å². The maximum Gasteiger partial charge on any atom is 0.0611 e. The molecular weight excluding hydrogens is 298 g/mol. The monoisotopic (exact) mass is 315 g/mol. The maximum atomic E-state index is 9.33. The van der Waals surface area contributed by atoms with Crippen LogP contribution in [0.2, 0.25) is 0 Å². The summed E-state index contributed by atoms with van der Waals surface area (Å²) >= 11 is 5.32. The van der Waals surface area contributed by atoms with Gasteiger partial charge in [-0.15, -0.1) is 11.8 Å². The van der Waals surface area contributed by atoms with E-state index in [1.54, 1.807) is 0 Å². The van der Waals surface area contributed by atoms with Gasteiger partial charge in [0.05, 0.1) is 6.61 Å². The number of thioether (sulfide) groups is 1. The molecule has 1 fully saturated rings. The summed E-state index contributed by atoms with van der Waals surface area (Å²) < 4.78 is 1.11. The second kappa shape index (κ2) is 5.74. The minimum atomic E-state index is -0.356. The zero-order valence-electron chi connectivity index (χ0n) is 9.73. The van der Waals surface area contributed by atoms with Gasteiger partial charge in [0, 0.05) is 20.2 Å². The fraction of sp³-hybridized carbons (Fsp3) is 0.538. The van der Waals surface area contributed by atoms with Crippen LogP contribution in [0.4, 0.5) is 0 Å². The highest BCUT2D eigenvalue weighted by Crippen LogP contribution is 2.37. The van der Waals surface area contributed by atoms with E-state index in [-0.39, 0.29) is 12.1 Å². The van der Waals surface area contributed by atoms with Gasteiger partial charge < -0.3 is 10.8 Å². The molecule has 17 heavy (non-hydrogen) atoms. The first kappa shape index (κ1) is 13.4. The SMILES string of the molecule is NC1(CO)CCCC(Sc2ccc(Br)cc2)C1. The molecule has 0 spiro atoms. The van der Waals surface area contributed by atoms with Crippen LogP contribution in [0.1, 0.15) is 25.7 Å². The molecule has 0 bridgehead atoms. The van der Waals surface area contributed by atoms with Crippen molar-refractivity contribution in [2.75, 3.05) is 6.61 Å². The van der Waals surface area contributed by atoms with Crippen LogP contribution in [0.3, 0.4) is 0 Å². The second-order valence-corrected chi connectivity index (χ2v) is 7.10. The highest BCUT2D eigenvalue weighted by molar-refractivity contribution is 9.10. The average molecular weight is 316 g/mol. The Morgan fingerprint density at radius 1 is 1.41 bits per heavy atom. The predicted octanol–water partition coefficient (Wildman–Crippen LogP) is 3.17. The highest BCUT2D eigenvalue weighted by Gasteiger charge is 2.32. The van der Waals surface area contributed by atoms with E-state index in [0.717, 1.165) is 23.7 Å². The standard InChI is InChI=1S/C13H18BrNOS/c14-10-3-5-11(6-4-10)17-12-2-1-7-13(15,8-12)9-16/h3-6,12,16H,1-2,7-9,15H2. The first-order chi connectivity index (χ1) is 8.11. The Labute approximate surface area is 115 Å². The minimum Gasteiger partial charge on any atom is -0.394 e. The van der Waals surface area contributed by atoms with Gasteiger partial charge in [-0.05, 0) is 43.5 Å². The lowest BCUT2D eigenvalue weighted by molar-refractivity contribution is 0.159. The van der Waals surface area contributed by atoms with Crippen molar-refractivity contribution in [1.82, 2.24) is 0 Å². The van der Waals surface area contributed by atoms with E-state index in [4.69, 9.17) is 5.73 Å². The molecule has 2 unspecified atom stereocenters. The van der Waals surface area contributed by atoms with Crippen LogP contribution >= 0.6 is 27.7 Å². The third-order valence-corrected chi connectivity index (χ3v) is 5.07. The normalized spacial score (nSPS) is 29.2. The molecule has 1 aromatic carbocycles. The van der Waals surface area contributed by atoms with Crippen molar-refractivity contribution >= 4 is 27.7 Å². The molecule has 0 radical (unpaired) electrons. The summed E-state index contributed by atoms with van der Waals surface area (Å²) in [5.41, 5.74) is 5.80. The van der Waals surface area contributed by atoms with E-state index < -0.39 is 0 Å². The maximum absolute atomic E-state index is 9.33. The number of hydrogen-bond acceptors (Lipinski definition) is 3. The molecule has 2 rings (SSSR count). The van der Waals surface area contributed by atoms with E-state index in [9.17, 15) is 5.11 Å². The van der Waals surface area contributed by atoms with E-state index in [0.29, 0.717) is 5.25 Å². The van der Waals surface area contributed by atoms with Crippen LogP contribution < -0.4 is 5.73 Å². The van der Waals surface area contributed by atoms with Crippen LogP contribution in [0, 0.1) is 0 Å². The topological polar surface area (TPSA) is 46.2 Å². The molecule has 0 heterocycles. The summed E-state index contributed by atoms with van der Waals surface area (Å²) in [6.45, 7) is 0.102. The molecule has 0 aromatic heterocycles. The van der Waals surface area contributed by atoms with Crippen LogP contribution in [0.15, 0.2) is 33.6 Å². The second-order valence-electron chi connectivity index (χ2n) is 4.81. The van der Waals surface area contributed by atoms with Gasteiger partial charge in [0.15, 0.2) is 0 Å². The zero-order chi connectivity index (χ0) is 12.3. The van der Waals surface area contributed by atoms with Crippen molar-refractivity contribution < 1.29 is 5.11 Å². The third-order valence-electron chi connectivity index (χ3n) is 3.27. The first-order valence-corrected chi connectivity index (χ1v) is 7.60. The smallest absolute Gasteiger partial charge is 0.0611 e. The van der Waals surface area contributed by atoms with Gasteiger partial charge in [0.25, 0.3) is 0 Å². The summed E-state index contributed by atoms with van der Waals surface area (Å²) in [7, 11) is 0. The molecule has 94 valence electrons. The molecule has 1 aliphatic rings. The Morgan fingerprint density at radius 2 is 2.12 bits per heavy atom. The average Bonchev–Trinajstić information content (AvgIpc) is 2.32. The summed E-state index contributed by atoms with van der Waals surface area (Å²) in [4.78, 5) is 1.28. The van der Waals surface area contributed by atoms with Gasteiger partial charge in [-0.3, -0.25) is 0 Å². The quantitative estimate of drug-likeness (QED) is 0.900. The lowest BCUT2D eigenvalue weighted by Crippen LogP contribution is -2.48. The van der Waals surface area contributed by atoms with Crippen molar-refractivity contribution in [2.45, 2.75) is 41.4 Å². The number of benzene rings is 1. The Morgan fingerprint density at radius 3 is 2.76 bits per heavy atom. The van der Waals surface area contributed by atoms with Crippen molar-refractivity contribution in [3.8, 4) is 0 Å². The van der Waals surface area contributed by atoms with Gasteiger partial charge in [-0.2, -0.15) is 0 Å². The number of halogens is 1. The summed E-state index contributed by atoms with van der Waals surface area (Å²) in [6, 6.07) is 8.38. The molecule has 2 nitrogen and oxygen atoms in total. The fourth-order valence-electron chi connectivity index (χ4n) is 2.29. The first-order valence-electron chi connectivity index (χ1n) is 5.93. The molecule has 1 aromatic rings. The lowest BCUT2D eigenvalue weighted by Gasteiger charge is -2.36. The van der Waals surface area contributed by atoms with Gasteiger partial charge in [-0.25, -0.2) is 0 Å². The van der Waals surface area contributed by atoms with Crippen LogP contribution in [-0.2, 0) is 0 Å². The van der Waals surface area contributed by atoms with Gasteiger partial charge in [-0.1, -0.05) is 22.4 Å². The Hall–Kier alpha value is -0.0300. The van der Waals surface area contributed by atoms with Crippen molar-refractivity contribution in [3.05, 3.63) is 28.7 Å². The van der Waals surface area contributed by atoms with Crippen LogP contribution in [0.5, 0.6) is 0 Å². The largest absolute Gasteiger partial charge is 0.394 e. The van der Waals surface area contributed by atoms with E-state index >= 15 is 0 Å². The summed E-state index contributed by atoms with van der Waals surface area (Å²) in [5, 5.41) is 9.86. The van der Waals surface area contributed by atoms with E-state index in [1.165, 1.54) is 11.3 Å². The fourth-order valence-corrected chi connectivity index (χ4v) is 3.93. The number of nitrogens with two attached hydrogens (primary N) is 1. The Bertz CT molecular complexity index is 370. The summed E-state index contributed by atoms with van der Waals surface area (Å²) in [5.74, 6) is 0. The van der Waals surface area contributed by atoms with E-state index in [1.807, 2.05) is 11.8 Å². The Kier molecular flexibility index (Phi) is 4.53. The van der Waals surface area contributed by atoms with Gasteiger partial charge >= 0.3 is 0 Å². The predicted molar refractivity (Wildman–Crippen MR) is 76.3 cm³/mol. The number of aliphatic hydroxyl groups is 1. The molecule has 2 atom stereocenters. The number of hydrogen-bond donors (Lipinski definition) is 2. The number of rotatable bonds is 3. The van der Waals surface area contributed by atoms with Crippen LogP contribution in [-0.4, -0.2) is 22.5 Å². The molecule has 0 saturated heterocycles. The van der Waals surface area contributed by atoms with Crippen molar-refractivity contribution in [2.24, 2.45) is 5.73 Å². The van der Waals surface area contributed by atoms with E-state index in [2.05, 4.69) is 40.2 Å². The molecule has 1 aliphatic carbocycles. The van der Waals surface area contributed by atoms with Crippen molar-refractivity contribution in [3.63, 3.8) is 0 Å². The molecule has 0 aliphatic heterocycles. The molecular formula is C13H18BrNOS. The third kappa shape index (κ3) is 3.71. The van der Waals surface area contributed by atoms with Crippen LogP contribution in [0.25, 0.3) is 0 Å². The summed E-state index contributed by atoms with van der Waals surface area (Å²) in [6.07, 6.45) is 4.16. The number of aliphatic hydroxyl groups excluding tert-OH is 1. The lowest BCUT2D eigenvalue weighted by atomic mass is 9.83. The highest BCUT2D eigenvalue weighted by atomic mass is 79.9. The van der Waals surface area contributed by atoms with Gasteiger partial charge in [0.2, 0.25) is 0 Å². The molecule has 3 N–H and O–H groups in total.